The molecule has 2 aromatic carbocycles. The Bertz CT molecular complexity index is 1050. The Hall–Kier alpha value is -2.73. The number of carbonyl (C=O) groups is 1. The molecule has 0 saturated carbocycles. The highest BCUT2D eigenvalue weighted by Crippen LogP contribution is 2.19. The fourth-order valence-electron chi connectivity index (χ4n) is 3.34. The van der Waals surface area contributed by atoms with E-state index in [2.05, 4.69) is 5.32 Å². The van der Waals surface area contributed by atoms with Crippen molar-refractivity contribution in [2.75, 3.05) is 38.0 Å². The third kappa shape index (κ3) is 5.01. The molecule has 1 saturated heterocycles. The number of benzene rings is 2. The number of hydrogen-bond acceptors (Lipinski definition) is 4. The summed E-state index contributed by atoms with van der Waals surface area (Å²) in [6, 6.07) is 14.0. The van der Waals surface area contributed by atoms with E-state index < -0.39 is 10.0 Å². The molecule has 1 amide bonds. The third-order valence-electron chi connectivity index (χ3n) is 5.23. The van der Waals surface area contributed by atoms with Gasteiger partial charge in [-0.25, -0.2) is 8.42 Å². The summed E-state index contributed by atoms with van der Waals surface area (Å²) in [6.45, 7) is 6.00. The molecule has 0 spiro atoms. The first-order chi connectivity index (χ1) is 13.8. The number of anilines is 1. The number of rotatable bonds is 5. The normalized spacial score (nSPS) is 15.6. The zero-order valence-electron chi connectivity index (χ0n) is 16.6. The first-order valence-corrected chi connectivity index (χ1v) is 10.9. The number of hydrogen-bond donors (Lipinski definition) is 2. The lowest BCUT2D eigenvalue weighted by Crippen LogP contribution is -3.15. The van der Waals surface area contributed by atoms with Crippen LogP contribution in [0.3, 0.4) is 0 Å². The monoisotopic (exact) mass is 413 g/mol. The second kappa shape index (κ2) is 8.74. The number of nitriles is 1. The number of carbonyl (C=O) groups excluding carboxylic acids is 1. The van der Waals surface area contributed by atoms with E-state index in [1.807, 2.05) is 26.0 Å². The quantitative estimate of drug-likeness (QED) is 0.755. The summed E-state index contributed by atoms with van der Waals surface area (Å²) >= 11 is 0. The first kappa shape index (κ1) is 21.0. The van der Waals surface area contributed by atoms with Crippen molar-refractivity contribution in [2.45, 2.75) is 18.7 Å². The fourth-order valence-corrected chi connectivity index (χ4v) is 4.87. The van der Waals surface area contributed by atoms with Crippen LogP contribution in [0.15, 0.2) is 47.4 Å². The van der Waals surface area contributed by atoms with Gasteiger partial charge in [0.25, 0.3) is 5.91 Å². The van der Waals surface area contributed by atoms with Gasteiger partial charge in [0, 0.05) is 5.69 Å². The Balaban J connectivity index is 1.56. The summed E-state index contributed by atoms with van der Waals surface area (Å²) in [7, 11) is -3.52. The zero-order chi connectivity index (χ0) is 21.0. The van der Waals surface area contributed by atoms with Gasteiger partial charge in [-0.1, -0.05) is 12.1 Å². The lowest BCUT2D eigenvalue weighted by Gasteiger charge is -2.31. The third-order valence-corrected chi connectivity index (χ3v) is 7.13. The number of quaternary nitrogens is 1. The van der Waals surface area contributed by atoms with Gasteiger partial charge in [0.15, 0.2) is 6.54 Å². The predicted octanol–water partition coefficient (Wildman–Crippen LogP) is 0.703. The van der Waals surface area contributed by atoms with Crippen LogP contribution in [0.4, 0.5) is 5.69 Å². The average Bonchev–Trinajstić information content (AvgIpc) is 2.70. The van der Waals surface area contributed by atoms with Gasteiger partial charge in [-0.15, -0.1) is 0 Å². The van der Waals surface area contributed by atoms with Crippen LogP contribution in [0.2, 0.25) is 0 Å². The van der Waals surface area contributed by atoms with E-state index in [1.165, 1.54) is 4.31 Å². The van der Waals surface area contributed by atoms with Crippen molar-refractivity contribution < 1.29 is 18.1 Å². The summed E-state index contributed by atoms with van der Waals surface area (Å²) in [4.78, 5) is 13.7. The number of piperazine rings is 1. The summed E-state index contributed by atoms with van der Waals surface area (Å²) in [5.74, 6) is -0.152. The van der Waals surface area contributed by atoms with Crippen molar-refractivity contribution in [1.82, 2.24) is 4.31 Å². The van der Waals surface area contributed by atoms with Crippen molar-refractivity contribution in [2.24, 2.45) is 0 Å². The highest BCUT2D eigenvalue weighted by Gasteiger charge is 2.31. The molecule has 0 aromatic heterocycles. The molecule has 0 atom stereocenters. The molecule has 29 heavy (non-hydrogen) atoms. The van der Waals surface area contributed by atoms with Gasteiger partial charge in [0.2, 0.25) is 10.0 Å². The molecule has 2 N–H and O–H groups in total. The molecular weight excluding hydrogens is 388 g/mol. The standard InChI is InChI=1S/C21H24N4O3S/c1-16-6-7-20(12-17(16)2)29(27,28)25-10-8-24(9-11-25)15-21(26)23-19-5-3-4-18(13-19)14-22/h3-7,12-13H,8-11,15H2,1-2H3,(H,23,26)/p+1. The minimum atomic E-state index is -3.52. The number of amides is 1. The molecule has 1 aliphatic heterocycles. The van der Waals surface area contributed by atoms with Gasteiger partial charge in [-0.2, -0.15) is 9.57 Å². The van der Waals surface area contributed by atoms with Gasteiger partial charge >= 0.3 is 0 Å². The van der Waals surface area contributed by atoms with E-state index in [0.717, 1.165) is 16.0 Å². The molecule has 0 radical (unpaired) electrons. The Labute approximate surface area is 171 Å². The minimum absolute atomic E-state index is 0.152. The Morgan fingerprint density at radius 2 is 1.86 bits per heavy atom. The van der Waals surface area contributed by atoms with E-state index in [-0.39, 0.29) is 12.5 Å². The second-order valence-corrected chi connectivity index (χ2v) is 9.26. The number of nitrogens with zero attached hydrogens (tertiary/aromatic N) is 2. The van der Waals surface area contributed by atoms with Gasteiger partial charge in [0.05, 0.1) is 42.7 Å². The summed E-state index contributed by atoms with van der Waals surface area (Å²) in [5, 5.41) is 11.7. The van der Waals surface area contributed by atoms with Gasteiger partial charge in [-0.3, -0.25) is 4.79 Å². The zero-order valence-corrected chi connectivity index (χ0v) is 17.4. The maximum absolute atomic E-state index is 12.9. The van der Waals surface area contributed by atoms with E-state index in [0.29, 0.717) is 42.3 Å². The molecule has 8 heteroatoms. The maximum atomic E-state index is 12.9. The van der Waals surface area contributed by atoms with Crippen LogP contribution in [0.1, 0.15) is 16.7 Å². The van der Waals surface area contributed by atoms with E-state index in [9.17, 15) is 13.2 Å². The molecule has 0 bridgehead atoms. The minimum Gasteiger partial charge on any atom is -0.325 e. The molecule has 0 unspecified atom stereocenters. The van der Waals surface area contributed by atoms with Crippen molar-refractivity contribution >= 4 is 21.6 Å². The smallest absolute Gasteiger partial charge is 0.279 e. The molecule has 152 valence electrons. The fraction of sp³-hybridized carbons (Fsp3) is 0.333. The largest absolute Gasteiger partial charge is 0.325 e. The van der Waals surface area contributed by atoms with Crippen molar-refractivity contribution in [3.63, 3.8) is 0 Å². The maximum Gasteiger partial charge on any atom is 0.279 e. The van der Waals surface area contributed by atoms with Crippen molar-refractivity contribution in [1.29, 1.82) is 5.26 Å². The van der Waals surface area contributed by atoms with Crippen LogP contribution in [0.25, 0.3) is 0 Å². The summed E-state index contributed by atoms with van der Waals surface area (Å²) < 4.78 is 27.3. The van der Waals surface area contributed by atoms with Gasteiger partial charge < -0.3 is 10.2 Å². The van der Waals surface area contributed by atoms with E-state index in [4.69, 9.17) is 5.26 Å². The number of aryl methyl sites for hydroxylation is 2. The van der Waals surface area contributed by atoms with Crippen LogP contribution in [-0.4, -0.2) is 51.4 Å². The SMILES string of the molecule is Cc1ccc(S(=O)(=O)N2CC[NH+](CC(=O)Nc3cccc(C#N)c3)CC2)cc1C. The first-order valence-electron chi connectivity index (χ1n) is 9.50. The van der Waals surface area contributed by atoms with Crippen LogP contribution < -0.4 is 10.2 Å². The molecular formula is C21H25N4O3S+. The van der Waals surface area contributed by atoms with Crippen LogP contribution in [0, 0.1) is 25.2 Å². The molecule has 0 aliphatic carbocycles. The Morgan fingerprint density at radius 3 is 2.52 bits per heavy atom. The Morgan fingerprint density at radius 1 is 1.14 bits per heavy atom. The molecule has 7 nitrogen and oxygen atoms in total. The van der Waals surface area contributed by atoms with Gasteiger partial charge in [0.1, 0.15) is 0 Å². The molecule has 1 aliphatic rings. The van der Waals surface area contributed by atoms with Gasteiger partial charge in [-0.05, 0) is 55.3 Å². The van der Waals surface area contributed by atoms with Crippen LogP contribution in [0.5, 0.6) is 0 Å². The van der Waals surface area contributed by atoms with Crippen LogP contribution in [-0.2, 0) is 14.8 Å². The highest BCUT2D eigenvalue weighted by atomic mass is 32.2. The van der Waals surface area contributed by atoms with Crippen molar-refractivity contribution in [3.05, 3.63) is 59.2 Å². The summed E-state index contributed by atoms with van der Waals surface area (Å²) in [5.41, 5.74) is 3.08. The second-order valence-electron chi connectivity index (χ2n) is 7.32. The lowest BCUT2D eigenvalue weighted by molar-refractivity contribution is -0.895. The lowest BCUT2D eigenvalue weighted by atomic mass is 10.1. The van der Waals surface area contributed by atoms with E-state index >= 15 is 0 Å². The number of nitrogens with one attached hydrogen (secondary N) is 2. The molecule has 2 aromatic rings. The highest BCUT2D eigenvalue weighted by molar-refractivity contribution is 7.89. The molecule has 3 rings (SSSR count). The van der Waals surface area contributed by atoms with Crippen LogP contribution >= 0.6 is 0 Å². The molecule has 1 heterocycles. The predicted molar refractivity (Wildman–Crippen MR) is 110 cm³/mol. The molecule has 1 fully saturated rings. The Kier molecular flexibility index (Phi) is 6.33. The van der Waals surface area contributed by atoms with Crippen molar-refractivity contribution in [3.8, 4) is 6.07 Å². The average molecular weight is 414 g/mol. The summed E-state index contributed by atoms with van der Waals surface area (Å²) in [6.07, 6.45) is 0. The topological polar surface area (TPSA) is 94.7 Å². The number of sulfonamides is 1. The van der Waals surface area contributed by atoms with E-state index in [1.54, 1.807) is 36.4 Å².